The van der Waals surface area contributed by atoms with Gasteiger partial charge in [0.05, 0.1) is 0 Å². The average molecular weight is 373 g/mol. The third-order valence-corrected chi connectivity index (χ3v) is 4.04. The Labute approximate surface area is 140 Å². The highest BCUT2D eigenvalue weighted by atomic mass is 79.9. The smallest absolute Gasteiger partial charge is 0.160 e. The first-order valence-electron chi connectivity index (χ1n) is 7.23. The molecule has 3 nitrogen and oxygen atoms in total. The second-order valence-corrected chi connectivity index (χ2v) is 8.64. The lowest BCUT2D eigenvalue weighted by atomic mass is 9.81. The lowest BCUT2D eigenvalue weighted by molar-refractivity contribution is 0.214. The molecule has 2 heterocycles. The van der Waals surface area contributed by atoms with Crippen molar-refractivity contribution >= 4 is 38.7 Å². The zero-order valence-electron chi connectivity index (χ0n) is 13.4. The van der Waals surface area contributed by atoms with Crippen molar-refractivity contribution in [3.63, 3.8) is 0 Å². The minimum Gasteiger partial charge on any atom is -0.307 e. The van der Waals surface area contributed by atoms with Gasteiger partial charge < -0.3 is 4.57 Å². The van der Waals surface area contributed by atoms with Crippen LogP contribution in [0.3, 0.4) is 0 Å². The molecule has 0 aromatic carbocycles. The van der Waals surface area contributed by atoms with E-state index in [0.29, 0.717) is 5.88 Å². The maximum atomic E-state index is 5.97. The van der Waals surface area contributed by atoms with Crippen LogP contribution in [0.1, 0.15) is 46.9 Å². The van der Waals surface area contributed by atoms with Gasteiger partial charge in [-0.05, 0) is 47.7 Å². The van der Waals surface area contributed by atoms with Crippen LogP contribution in [0.5, 0.6) is 0 Å². The molecule has 2 rings (SSSR count). The number of hydrogen-bond acceptors (Lipinski definition) is 2. The molecule has 2 aromatic rings. The first kappa shape index (κ1) is 16.8. The van der Waals surface area contributed by atoms with Gasteiger partial charge in [-0.1, -0.05) is 20.8 Å². The zero-order chi connectivity index (χ0) is 15.8. The number of aryl methyl sites for hydroxylation is 1. The minimum atomic E-state index is -0.0603. The normalized spacial score (nSPS) is 13.1. The highest BCUT2D eigenvalue weighted by Gasteiger charge is 2.31. The van der Waals surface area contributed by atoms with Crippen molar-refractivity contribution in [2.75, 3.05) is 5.88 Å². The Kier molecular flexibility index (Phi) is 4.69. The van der Waals surface area contributed by atoms with Crippen molar-refractivity contribution in [2.24, 2.45) is 5.41 Å². The molecule has 0 spiro atoms. The van der Waals surface area contributed by atoms with Crippen molar-refractivity contribution < 1.29 is 0 Å². The number of rotatable bonds is 4. The third kappa shape index (κ3) is 3.78. The molecule has 0 aliphatic rings. The van der Waals surface area contributed by atoms with E-state index in [9.17, 15) is 0 Å². The molecule has 0 aliphatic carbocycles. The molecular weight excluding hydrogens is 350 g/mol. The molecule has 0 bridgehead atoms. The Balaban J connectivity index is 2.61. The van der Waals surface area contributed by atoms with E-state index in [1.165, 1.54) is 0 Å². The van der Waals surface area contributed by atoms with Crippen molar-refractivity contribution in [3.8, 4) is 0 Å². The topological polar surface area (TPSA) is 30.7 Å². The third-order valence-electron chi connectivity index (χ3n) is 3.42. The molecule has 5 heteroatoms. The zero-order valence-corrected chi connectivity index (χ0v) is 15.7. The van der Waals surface area contributed by atoms with Crippen LogP contribution in [0, 0.1) is 5.41 Å². The van der Waals surface area contributed by atoms with Gasteiger partial charge >= 0.3 is 0 Å². The summed E-state index contributed by atoms with van der Waals surface area (Å²) < 4.78 is 3.22. The highest BCUT2D eigenvalue weighted by molar-refractivity contribution is 9.10. The van der Waals surface area contributed by atoms with Gasteiger partial charge in [0.2, 0.25) is 0 Å². The Morgan fingerprint density at radius 2 is 1.90 bits per heavy atom. The van der Waals surface area contributed by atoms with Crippen molar-refractivity contribution in [1.29, 1.82) is 0 Å². The molecule has 0 saturated carbocycles. The van der Waals surface area contributed by atoms with Crippen LogP contribution in [0.4, 0.5) is 0 Å². The molecular formula is C16H23BrClN3. The van der Waals surface area contributed by atoms with Crippen molar-refractivity contribution in [2.45, 2.75) is 53.0 Å². The molecule has 0 radical (unpaired) electrons. The van der Waals surface area contributed by atoms with E-state index in [1.54, 1.807) is 0 Å². The maximum Gasteiger partial charge on any atom is 0.160 e. The molecule has 0 amide bonds. The minimum absolute atomic E-state index is 0.0603. The second-order valence-electron chi connectivity index (χ2n) is 7.35. The monoisotopic (exact) mass is 371 g/mol. The lowest BCUT2D eigenvalue weighted by Crippen LogP contribution is -2.33. The second kappa shape index (κ2) is 5.88. The number of alkyl halides is 1. The quantitative estimate of drug-likeness (QED) is 0.695. The Morgan fingerprint density at radius 3 is 2.48 bits per heavy atom. The van der Waals surface area contributed by atoms with Crippen LogP contribution in [-0.4, -0.2) is 20.4 Å². The summed E-state index contributed by atoms with van der Waals surface area (Å²) >= 11 is 9.43. The van der Waals surface area contributed by atoms with Crippen LogP contribution in [0.2, 0.25) is 0 Å². The highest BCUT2D eigenvalue weighted by Crippen LogP contribution is 2.35. The van der Waals surface area contributed by atoms with Gasteiger partial charge in [-0.15, -0.1) is 11.6 Å². The summed E-state index contributed by atoms with van der Waals surface area (Å²) in [6, 6.07) is 2.02. The van der Waals surface area contributed by atoms with E-state index in [4.69, 9.17) is 16.6 Å². The van der Waals surface area contributed by atoms with Gasteiger partial charge in [0, 0.05) is 28.5 Å². The Bertz CT molecular complexity index is 641. The van der Waals surface area contributed by atoms with Crippen LogP contribution in [0.25, 0.3) is 11.2 Å². The summed E-state index contributed by atoms with van der Waals surface area (Å²) in [7, 11) is 0. The summed E-state index contributed by atoms with van der Waals surface area (Å²) in [5, 5.41) is 0. The SMILES string of the molecule is CC(C)(C)CC(C)(C)n1c(CCCl)nc2cc(Br)cnc21. The van der Waals surface area contributed by atoms with Crippen LogP contribution >= 0.6 is 27.5 Å². The predicted octanol–water partition coefficient (Wildman–Crippen LogP) is 5.15. The molecule has 0 N–H and O–H groups in total. The largest absolute Gasteiger partial charge is 0.307 e. The summed E-state index contributed by atoms with van der Waals surface area (Å²) in [6.45, 7) is 11.3. The number of imidazole rings is 1. The number of halogens is 2. The summed E-state index contributed by atoms with van der Waals surface area (Å²) in [5.41, 5.74) is 2.03. The Hall–Kier alpha value is -0.610. The van der Waals surface area contributed by atoms with Gasteiger partial charge in [0.1, 0.15) is 11.3 Å². The fourth-order valence-electron chi connectivity index (χ4n) is 3.25. The predicted molar refractivity (Wildman–Crippen MR) is 93.0 cm³/mol. The Morgan fingerprint density at radius 1 is 1.24 bits per heavy atom. The number of hydrogen-bond donors (Lipinski definition) is 0. The average Bonchev–Trinajstić information content (AvgIpc) is 2.63. The van der Waals surface area contributed by atoms with Gasteiger partial charge in [0.25, 0.3) is 0 Å². The van der Waals surface area contributed by atoms with Gasteiger partial charge in [-0.3, -0.25) is 0 Å². The summed E-state index contributed by atoms with van der Waals surface area (Å²) in [5.74, 6) is 1.58. The summed E-state index contributed by atoms with van der Waals surface area (Å²) in [4.78, 5) is 9.34. The fraction of sp³-hybridized carbons (Fsp3) is 0.625. The molecule has 2 aromatic heterocycles. The van der Waals surface area contributed by atoms with Crippen molar-refractivity contribution in [1.82, 2.24) is 14.5 Å². The van der Waals surface area contributed by atoms with E-state index in [2.05, 4.69) is 60.1 Å². The van der Waals surface area contributed by atoms with E-state index in [1.807, 2.05) is 12.3 Å². The van der Waals surface area contributed by atoms with E-state index < -0.39 is 0 Å². The van der Waals surface area contributed by atoms with Crippen LogP contribution in [0.15, 0.2) is 16.7 Å². The van der Waals surface area contributed by atoms with Gasteiger partial charge in [-0.25, -0.2) is 9.97 Å². The molecule has 0 unspecified atom stereocenters. The number of fused-ring (bicyclic) bond motifs is 1. The number of pyridine rings is 1. The first-order valence-corrected chi connectivity index (χ1v) is 8.56. The molecule has 21 heavy (non-hydrogen) atoms. The van der Waals surface area contributed by atoms with Gasteiger partial charge in [0.15, 0.2) is 5.65 Å². The molecule has 0 aliphatic heterocycles. The lowest BCUT2D eigenvalue weighted by Gasteiger charge is -2.35. The van der Waals surface area contributed by atoms with Crippen LogP contribution in [-0.2, 0) is 12.0 Å². The number of nitrogens with zero attached hydrogens (tertiary/aromatic N) is 3. The fourth-order valence-corrected chi connectivity index (χ4v) is 3.74. The molecule has 0 atom stereocenters. The first-order chi connectivity index (χ1) is 9.64. The standard InChI is InChI=1S/C16H23BrClN3/c1-15(2,3)10-16(4,5)21-13(6-7-18)20-12-8-11(17)9-19-14(12)21/h8-9H,6-7,10H2,1-5H3. The molecule has 116 valence electrons. The number of aromatic nitrogens is 3. The van der Waals surface area contributed by atoms with Crippen LogP contribution < -0.4 is 0 Å². The molecule has 0 saturated heterocycles. The summed E-state index contributed by atoms with van der Waals surface area (Å²) in [6.07, 6.45) is 3.62. The van der Waals surface area contributed by atoms with E-state index in [-0.39, 0.29) is 11.0 Å². The van der Waals surface area contributed by atoms with Gasteiger partial charge in [-0.2, -0.15) is 0 Å². The van der Waals surface area contributed by atoms with E-state index >= 15 is 0 Å². The van der Waals surface area contributed by atoms with Crippen molar-refractivity contribution in [3.05, 3.63) is 22.6 Å². The molecule has 0 fully saturated rings. The van der Waals surface area contributed by atoms with E-state index in [0.717, 1.165) is 34.3 Å². The maximum absolute atomic E-state index is 5.97.